The van der Waals surface area contributed by atoms with Crippen LogP contribution in [0.4, 0.5) is 0 Å². The molecule has 3 N–H and O–H groups in total. The minimum absolute atomic E-state index is 0.00385. The summed E-state index contributed by atoms with van der Waals surface area (Å²) in [7, 11) is 0. The molecule has 0 aliphatic carbocycles. The van der Waals surface area contributed by atoms with Crippen LogP contribution < -0.4 is 5.32 Å². The number of aliphatic hydroxyl groups is 1. The Morgan fingerprint density at radius 3 is 2.08 bits per heavy atom. The van der Waals surface area contributed by atoms with Gasteiger partial charge in [0.15, 0.2) is 6.29 Å². The lowest BCUT2D eigenvalue weighted by Crippen LogP contribution is -2.49. The van der Waals surface area contributed by atoms with Crippen LogP contribution in [0.2, 0.25) is 0 Å². The van der Waals surface area contributed by atoms with Gasteiger partial charge in [0.25, 0.3) is 0 Å². The SMILES string of the molecule is O=C(O)CCCCCCC(=O)NCc1ccccc1-c1ccc(C2OC(CN3CCN(Cc4ccccc4)CC3)CC(c3ccc(CO)cc3)O2)cc1. The van der Waals surface area contributed by atoms with E-state index in [-0.39, 0.29) is 31.1 Å². The number of piperazine rings is 1. The fraction of sp³-hybridized carbons (Fsp3) is 0.409. The molecule has 3 atom stereocenters. The summed E-state index contributed by atoms with van der Waals surface area (Å²) in [6.45, 7) is 6.30. The highest BCUT2D eigenvalue weighted by molar-refractivity contribution is 5.76. The summed E-state index contributed by atoms with van der Waals surface area (Å²) < 4.78 is 13.4. The lowest BCUT2D eigenvalue weighted by Gasteiger charge is -2.40. The molecule has 0 radical (unpaired) electrons. The number of hydrogen-bond donors (Lipinski definition) is 3. The summed E-state index contributed by atoms with van der Waals surface area (Å²) >= 11 is 0. The van der Waals surface area contributed by atoms with Crippen LogP contribution in [0.1, 0.15) is 85.2 Å². The van der Waals surface area contributed by atoms with E-state index in [1.54, 1.807) is 0 Å². The summed E-state index contributed by atoms with van der Waals surface area (Å²) in [5.74, 6) is -0.769. The quantitative estimate of drug-likeness (QED) is 0.0980. The molecular weight excluding hydrogens is 666 g/mol. The molecule has 2 aliphatic heterocycles. The number of rotatable bonds is 17. The molecule has 0 saturated carbocycles. The molecule has 4 aromatic rings. The van der Waals surface area contributed by atoms with Crippen molar-refractivity contribution in [3.63, 3.8) is 0 Å². The van der Waals surface area contributed by atoms with E-state index in [1.807, 2.05) is 30.3 Å². The second-order valence-electron chi connectivity index (χ2n) is 14.3. The van der Waals surface area contributed by atoms with Crippen LogP contribution in [0.25, 0.3) is 11.1 Å². The number of aliphatic hydroxyl groups excluding tert-OH is 1. The predicted octanol–water partition coefficient (Wildman–Crippen LogP) is 7.25. The van der Waals surface area contributed by atoms with Crippen LogP contribution in [-0.4, -0.2) is 70.7 Å². The van der Waals surface area contributed by atoms with E-state index in [4.69, 9.17) is 14.6 Å². The summed E-state index contributed by atoms with van der Waals surface area (Å²) in [6.07, 6.45) is 3.76. The van der Waals surface area contributed by atoms with Crippen LogP contribution >= 0.6 is 0 Å². The normalized spacial score (nSPS) is 19.5. The van der Waals surface area contributed by atoms with Gasteiger partial charge in [-0.25, -0.2) is 0 Å². The van der Waals surface area contributed by atoms with Gasteiger partial charge in [0.1, 0.15) is 0 Å². The van der Waals surface area contributed by atoms with Crippen molar-refractivity contribution in [2.75, 3.05) is 32.7 Å². The first kappa shape index (κ1) is 38.3. The van der Waals surface area contributed by atoms with Crippen molar-refractivity contribution in [2.45, 2.75) is 83.1 Å². The van der Waals surface area contributed by atoms with E-state index in [1.165, 1.54) is 5.56 Å². The van der Waals surface area contributed by atoms with Crippen molar-refractivity contribution in [1.82, 2.24) is 15.1 Å². The Morgan fingerprint density at radius 1 is 0.698 bits per heavy atom. The lowest BCUT2D eigenvalue weighted by atomic mass is 9.97. The maximum Gasteiger partial charge on any atom is 0.303 e. The number of nitrogens with zero attached hydrogens (tertiary/aromatic N) is 2. The van der Waals surface area contributed by atoms with Crippen LogP contribution in [0, 0.1) is 0 Å². The molecule has 9 nitrogen and oxygen atoms in total. The molecule has 0 aromatic heterocycles. The van der Waals surface area contributed by atoms with Crippen molar-refractivity contribution in [3.05, 3.63) is 131 Å². The maximum atomic E-state index is 12.6. The number of amides is 1. The number of carbonyl (C=O) groups is 2. The number of unbranched alkanes of at least 4 members (excludes halogenated alkanes) is 3. The van der Waals surface area contributed by atoms with Crippen molar-refractivity contribution in [1.29, 1.82) is 0 Å². The average Bonchev–Trinajstić information content (AvgIpc) is 3.19. The zero-order chi connectivity index (χ0) is 36.8. The van der Waals surface area contributed by atoms with Gasteiger partial charge in [-0.15, -0.1) is 0 Å². The standard InChI is InChI=1S/C44H53N3O6/c48-32-34-16-18-36(19-17-34)41-28-39(31-47-26-24-46(25-27-47)30-33-10-4-3-5-11-33)52-44(53-41)37-22-20-35(21-23-37)40-13-9-8-12-38(40)29-45-42(49)14-6-1-2-7-15-43(50)51/h3-5,8-13,16-23,39,41,44,48H,1-2,6-7,14-15,24-32H2,(H,45,49)(H,50,51). The number of carbonyl (C=O) groups excluding carboxylic acids is 1. The van der Waals surface area contributed by atoms with Crippen LogP contribution in [-0.2, 0) is 38.8 Å². The monoisotopic (exact) mass is 719 g/mol. The second kappa shape index (κ2) is 19.6. The van der Waals surface area contributed by atoms with Gasteiger partial charge in [0, 0.05) is 70.6 Å². The number of carboxylic acids is 1. The van der Waals surface area contributed by atoms with Gasteiger partial charge in [0.05, 0.1) is 18.8 Å². The van der Waals surface area contributed by atoms with Gasteiger partial charge in [-0.3, -0.25) is 19.4 Å². The highest BCUT2D eigenvalue weighted by Crippen LogP contribution is 2.39. The van der Waals surface area contributed by atoms with E-state index in [0.717, 1.165) is 98.3 Å². The topological polar surface area (TPSA) is 112 Å². The third-order valence-corrected chi connectivity index (χ3v) is 10.3. The molecule has 0 bridgehead atoms. The Bertz CT molecular complexity index is 1720. The molecular formula is C44H53N3O6. The molecule has 2 fully saturated rings. The maximum absolute atomic E-state index is 12.6. The largest absolute Gasteiger partial charge is 0.481 e. The summed E-state index contributed by atoms with van der Waals surface area (Å²) in [6, 6.07) is 35.2. The number of carboxylic acid groups (broad SMARTS) is 1. The molecule has 2 heterocycles. The number of hydrogen-bond acceptors (Lipinski definition) is 7. The molecule has 53 heavy (non-hydrogen) atoms. The minimum Gasteiger partial charge on any atom is -0.481 e. The van der Waals surface area contributed by atoms with Crippen LogP contribution in [0.3, 0.4) is 0 Å². The summed E-state index contributed by atoms with van der Waals surface area (Å²) in [4.78, 5) is 28.3. The van der Waals surface area contributed by atoms with Crippen molar-refractivity contribution in [3.8, 4) is 11.1 Å². The second-order valence-corrected chi connectivity index (χ2v) is 14.3. The first-order chi connectivity index (χ1) is 25.9. The van der Waals surface area contributed by atoms with E-state index in [2.05, 4.69) is 87.9 Å². The molecule has 1 amide bonds. The Balaban J connectivity index is 1.07. The van der Waals surface area contributed by atoms with E-state index < -0.39 is 12.3 Å². The number of ether oxygens (including phenoxy) is 2. The molecule has 2 aliphatic rings. The highest BCUT2D eigenvalue weighted by atomic mass is 16.7. The van der Waals surface area contributed by atoms with Crippen molar-refractivity contribution < 1.29 is 29.3 Å². The smallest absolute Gasteiger partial charge is 0.303 e. The van der Waals surface area contributed by atoms with E-state index in [0.29, 0.717) is 19.4 Å². The van der Waals surface area contributed by atoms with Gasteiger partial charge in [-0.1, -0.05) is 116 Å². The Hall–Kier alpha value is -4.38. The van der Waals surface area contributed by atoms with Gasteiger partial charge in [0.2, 0.25) is 5.91 Å². The molecule has 9 heteroatoms. The summed E-state index contributed by atoms with van der Waals surface area (Å²) in [5, 5.41) is 21.5. The number of benzene rings is 4. The van der Waals surface area contributed by atoms with Crippen molar-refractivity contribution in [2.24, 2.45) is 0 Å². The molecule has 0 spiro atoms. The van der Waals surface area contributed by atoms with E-state index >= 15 is 0 Å². The van der Waals surface area contributed by atoms with Crippen molar-refractivity contribution >= 4 is 11.9 Å². The first-order valence-corrected chi connectivity index (χ1v) is 19.1. The fourth-order valence-corrected chi connectivity index (χ4v) is 7.27. The first-order valence-electron chi connectivity index (χ1n) is 19.1. The summed E-state index contributed by atoms with van der Waals surface area (Å²) in [5.41, 5.74) is 7.41. The molecule has 280 valence electrons. The zero-order valence-corrected chi connectivity index (χ0v) is 30.6. The third kappa shape index (κ3) is 11.6. The highest BCUT2D eigenvalue weighted by Gasteiger charge is 2.34. The minimum atomic E-state index is -0.772. The Kier molecular flexibility index (Phi) is 14.2. The number of aliphatic carboxylic acids is 1. The third-order valence-electron chi connectivity index (χ3n) is 10.3. The average molecular weight is 720 g/mol. The van der Waals surface area contributed by atoms with Gasteiger partial charge in [-0.05, 0) is 46.2 Å². The van der Waals surface area contributed by atoms with Gasteiger partial charge >= 0.3 is 5.97 Å². The fourth-order valence-electron chi connectivity index (χ4n) is 7.27. The van der Waals surface area contributed by atoms with Gasteiger partial charge in [-0.2, -0.15) is 0 Å². The Labute approximate surface area is 313 Å². The molecule has 3 unspecified atom stereocenters. The predicted molar refractivity (Wildman–Crippen MR) is 206 cm³/mol. The Morgan fingerprint density at radius 2 is 1.36 bits per heavy atom. The number of nitrogens with one attached hydrogen (secondary N) is 1. The molecule has 6 rings (SSSR count). The van der Waals surface area contributed by atoms with Crippen LogP contribution in [0.5, 0.6) is 0 Å². The van der Waals surface area contributed by atoms with Crippen LogP contribution in [0.15, 0.2) is 103 Å². The zero-order valence-electron chi connectivity index (χ0n) is 30.6. The molecule has 4 aromatic carbocycles. The molecule has 2 saturated heterocycles. The van der Waals surface area contributed by atoms with E-state index in [9.17, 15) is 14.7 Å². The lowest BCUT2D eigenvalue weighted by molar-refractivity contribution is -0.253. The van der Waals surface area contributed by atoms with Gasteiger partial charge < -0.3 is 25.0 Å².